The van der Waals surface area contributed by atoms with Crippen LogP contribution in [0.15, 0.2) is 58.3 Å². The molecule has 1 amide bonds. The zero-order chi connectivity index (χ0) is 38.7. The van der Waals surface area contributed by atoms with Gasteiger partial charge in [-0.2, -0.15) is 5.26 Å². The highest BCUT2D eigenvalue weighted by Crippen LogP contribution is 2.50. The van der Waals surface area contributed by atoms with Crippen LogP contribution in [0.2, 0.25) is 0 Å². The van der Waals surface area contributed by atoms with E-state index in [1.165, 1.54) is 22.9 Å². The van der Waals surface area contributed by atoms with Crippen LogP contribution in [0.5, 0.6) is 5.75 Å². The second-order valence-corrected chi connectivity index (χ2v) is 15.0. The number of Topliss-reactive ketones (excluding diaryl/α,β-unsaturated/α-hetero) is 1. The molecule has 14 heteroatoms. The second-order valence-electron chi connectivity index (χ2n) is 13.6. The van der Waals surface area contributed by atoms with Gasteiger partial charge in [-0.1, -0.05) is 38.1 Å². The number of carbonyl (C=O) groups excluding carboxylic acids is 2. The van der Waals surface area contributed by atoms with Gasteiger partial charge in [0.15, 0.2) is 0 Å². The minimum absolute atomic E-state index is 0.0730. The predicted molar refractivity (Wildman–Crippen MR) is 205 cm³/mol. The fourth-order valence-electron chi connectivity index (χ4n) is 6.33. The van der Waals surface area contributed by atoms with Crippen molar-refractivity contribution in [3.8, 4) is 11.8 Å². The Morgan fingerprint density at radius 2 is 1.85 bits per heavy atom. The molecule has 286 valence electrons. The highest BCUT2D eigenvalue weighted by Gasteiger charge is 2.40. The second kappa shape index (κ2) is 19.8. The third-order valence-corrected chi connectivity index (χ3v) is 11.3. The van der Waals surface area contributed by atoms with Crippen molar-refractivity contribution in [2.24, 2.45) is 0 Å². The summed E-state index contributed by atoms with van der Waals surface area (Å²) in [5.74, 6) is 0.118. The fourth-order valence-corrected chi connectivity index (χ4v) is 8.09. The molecule has 1 fully saturated rings. The van der Waals surface area contributed by atoms with Gasteiger partial charge in [-0.05, 0) is 75.1 Å². The Hall–Kier alpha value is -4.18. The molecule has 0 bridgehead atoms. The summed E-state index contributed by atoms with van der Waals surface area (Å²) in [6.45, 7) is 12.6. The molecule has 0 aliphatic carbocycles. The number of methoxy groups -OCH3 is 1. The van der Waals surface area contributed by atoms with Crippen LogP contribution in [0.3, 0.4) is 0 Å². The molecule has 1 unspecified atom stereocenters. The third kappa shape index (κ3) is 11.2. The Kier molecular flexibility index (Phi) is 15.5. The zero-order valence-electron chi connectivity index (χ0n) is 31.7. The Balaban J connectivity index is 1.34. The van der Waals surface area contributed by atoms with Crippen molar-refractivity contribution in [1.82, 2.24) is 19.5 Å². The summed E-state index contributed by atoms with van der Waals surface area (Å²) in [6, 6.07) is 14.1. The number of rotatable bonds is 19. The van der Waals surface area contributed by atoms with Crippen molar-refractivity contribution in [3.05, 3.63) is 80.6 Å². The molecule has 5 atom stereocenters. The first kappa shape index (κ1) is 41.6. The van der Waals surface area contributed by atoms with Gasteiger partial charge in [0.25, 0.3) is 14.1 Å². The lowest BCUT2D eigenvalue weighted by Crippen LogP contribution is -2.35. The van der Waals surface area contributed by atoms with E-state index >= 15 is 0 Å². The molecule has 3 aromatic rings. The van der Waals surface area contributed by atoms with E-state index in [0.29, 0.717) is 25.7 Å². The zero-order valence-corrected chi connectivity index (χ0v) is 32.6. The van der Waals surface area contributed by atoms with Gasteiger partial charge in [0.2, 0.25) is 5.91 Å². The molecule has 13 nitrogen and oxygen atoms in total. The number of nitriles is 1. The lowest BCUT2D eigenvalue weighted by atomic mass is 9.92. The monoisotopic (exact) mass is 749 g/mol. The number of amides is 1. The van der Waals surface area contributed by atoms with Crippen LogP contribution < -0.4 is 21.3 Å². The fraction of sp³-hybridized carbons (Fsp3) is 0.513. The van der Waals surface area contributed by atoms with E-state index in [9.17, 15) is 19.2 Å². The number of hydrogen-bond donors (Lipinski definition) is 2. The summed E-state index contributed by atoms with van der Waals surface area (Å²) in [6.07, 6.45) is 4.39. The average Bonchev–Trinajstić information content (AvgIpc) is 3.54. The number of H-pyrrole nitrogens is 1. The number of hydrogen-bond acceptors (Lipinski definition) is 10. The maximum Gasteiger partial charge on any atom is 0.330 e. The van der Waals surface area contributed by atoms with E-state index in [4.69, 9.17) is 23.8 Å². The van der Waals surface area contributed by atoms with Crippen molar-refractivity contribution in [3.63, 3.8) is 0 Å². The van der Waals surface area contributed by atoms with Crippen LogP contribution in [-0.4, -0.2) is 70.5 Å². The molecule has 4 rings (SSSR count). The number of aromatic nitrogens is 2. The number of nitrogens with zero attached hydrogens (tertiary/aromatic N) is 3. The number of fused-ring (bicyclic) bond motifs is 1. The van der Waals surface area contributed by atoms with Crippen LogP contribution in [0.25, 0.3) is 16.8 Å². The molecule has 0 spiro atoms. The lowest BCUT2D eigenvalue weighted by molar-refractivity contribution is -0.120. The van der Waals surface area contributed by atoms with Crippen molar-refractivity contribution in [1.29, 1.82) is 5.26 Å². The molecular weight excluding hydrogens is 697 g/mol. The number of ketones is 1. The van der Waals surface area contributed by atoms with Crippen LogP contribution in [0.1, 0.15) is 96.9 Å². The first-order valence-corrected chi connectivity index (χ1v) is 19.3. The smallest absolute Gasteiger partial charge is 0.330 e. The van der Waals surface area contributed by atoms with Crippen LogP contribution in [0.4, 0.5) is 0 Å². The van der Waals surface area contributed by atoms with Gasteiger partial charge in [0.05, 0.1) is 44.0 Å². The van der Waals surface area contributed by atoms with Gasteiger partial charge in [0.1, 0.15) is 17.8 Å². The minimum atomic E-state index is -1.53. The predicted octanol–water partition coefficient (Wildman–Crippen LogP) is 6.34. The Morgan fingerprint density at radius 1 is 1.13 bits per heavy atom. The van der Waals surface area contributed by atoms with Crippen LogP contribution >= 0.6 is 8.53 Å². The Bertz CT molecular complexity index is 1890. The molecule has 53 heavy (non-hydrogen) atoms. The SMILES string of the molecule is CC[C@H]1O[C@@H](n2cc(/C=C/C(=O)NCCCC(=O)[C@@H](C)c3ccc4cc(OC)ccc4c3)c(=O)[nH]c2=O)C[C@H]1OP(OCCC#N)N(C(C)C)C(C)C. The van der Waals surface area contributed by atoms with E-state index in [0.717, 1.165) is 22.1 Å². The van der Waals surface area contributed by atoms with Crippen molar-refractivity contribution >= 4 is 37.1 Å². The summed E-state index contributed by atoms with van der Waals surface area (Å²) in [5.41, 5.74) is -0.248. The maximum atomic E-state index is 12.9. The van der Waals surface area contributed by atoms with E-state index in [2.05, 4.69) is 48.7 Å². The number of aromatic amines is 1. The lowest BCUT2D eigenvalue weighted by Gasteiger charge is -2.37. The Labute approximate surface area is 312 Å². The molecule has 0 saturated carbocycles. The molecular formula is C39H52N5O8P. The topological polar surface area (TPSA) is 165 Å². The summed E-state index contributed by atoms with van der Waals surface area (Å²) in [7, 11) is 0.0951. The molecule has 0 radical (unpaired) electrons. The van der Waals surface area contributed by atoms with Gasteiger partial charge in [0, 0.05) is 49.7 Å². The third-order valence-electron chi connectivity index (χ3n) is 9.14. The number of nitrogens with one attached hydrogen (secondary N) is 2. The van der Waals surface area contributed by atoms with Gasteiger partial charge >= 0.3 is 5.69 Å². The minimum Gasteiger partial charge on any atom is -0.497 e. The first-order valence-electron chi connectivity index (χ1n) is 18.2. The summed E-state index contributed by atoms with van der Waals surface area (Å²) >= 11 is 0. The maximum absolute atomic E-state index is 12.9. The van der Waals surface area contributed by atoms with Crippen molar-refractivity contribution in [2.75, 3.05) is 20.3 Å². The van der Waals surface area contributed by atoms with Gasteiger partial charge in [-0.3, -0.25) is 23.9 Å². The van der Waals surface area contributed by atoms with E-state index < -0.39 is 38.0 Å². The number of benzene rings is 2. The normalized spacial score (nSPS) is 18.5. The standard InChI is InChI=1S/C39H52N5O8P/c1-8-34-35(52-53(50-20-10-18-40)44(25(2)3)26(4)5)23-37(51-34)43-24-31(38(47)42-39(43)48)15-17-36(46)41-19-9-11-33(45)27(6)28-12-13-30-22-32(49-7)16-14-29(30)21-28/h12-17,21-22,24-27,34-35,37H,8-11,19-20,23H2,1-7H3,(H,41,46)(H,42,47,48)/b17-15+/t27-,34+,35+,37+,53?/m0/s1. The molecule has 1 aliphatic heterocycles. The molecule has 2 N–H and O–H groups in total. The van der Waals surface area contributed by atoms with Gasteiger partial charge in [-0.15, -0.1) is 0 Å². The summed E-state index contributed by atoms with van der Waals surface area (Å²) in [4.78, 5) is 53.5. The molecule has 1 aliphatic rings. The van der Waals surface area contributed by atoms with Crippen LogP contribution in [0, 0.1) is 11.3 Å². The number of ether oxygens (including phenoxy) is 2. The largest absolute Gasteiger partial charge is 0.497 e. The molecule has 2 aromatic carbocycles. The average molecular weight is 750 g/mol. The van der Waals surface area contributed by atoms with Crippen molar-refractivity contribution < 1.29 is 28.1 Å². The highest BCUT2D eigenvalue weighted by atomic mass is 31.2. The van der Waals surface area contributed by atoms with Gasteiger partial charge in [-0.25, -0.2) is 9.46 Å². The van der Waals surface area contributed by atoms with Crippen molar-refractivity contribution in [2.45, 2.75) is 110 Å². The first-order chi connectivity index (χ1) is 25.4. The number of carbonyl (C=O) groups is 2. The van der Waals surface area contributed by atoms with E-state index in [1.807, 2.05) is 50.2 Å². The quantitative estimate of drug-likeness (QED) is 0.0803. The molecule has 2 heterocycles. The van der Waals surface area contributed by atoms with E-state index in [1.54, 1.807) is 7.11 Å². The van der Waals surface area contributed by atoms with E-state index in [-0.39, 0.29) is 55.0 Å². The van der Waals surface area contributed by atoms with Gasteiger partial charge < -0.3 is 23.8 Å². The molecule has 1 aromatic heterocycles. The highest BCUT2D eigenvalue weighted by molar-refractivity contribution is 7.44. The Morgan fingerprint density at radius 3 is 2.53 bits per heavy atom. The summed E-state index contributed by atoms with van der Waals surface area (Å²) < 4.78 is 27.6. The summed E-state index contributed by atoms with van der Waals surface area (Å²) in [5, 5.41) is 13.9. The molecule has 1 saturated heterocycles. The van der Waals surface area contributed by atoms with Crippen LogP contribution in [-0.2, 0) is 23.4 Å².